The molecule has 0 amide bonds. The normalized spacial score (nSPS) is 18.8. The van der Waals surface area contributed by atoms with Crippen molar-refractivity contribution in [1.29, 1.82) is 0 Å². The molecule has 1 N–H and O–H groups in total. The van der Waals surface area contributed by atoms with Gasteiger partial charge in [0.05, 0.1) is 19.4 Å². The molecule has 2 rings (SSSR count). The van der Waals surface area contributed by atoms with Crippen molar-refractivity contribution in [2.45, 2.75) is 4.21 Å². The van der Waals surface area contributed by atoms with E-state index < -0.39 is 10.0 Å². The quantitative estimate of drug-likeness (QED) is 0.497. The second-order valence-corrected chi connectivity index (χ2v) is 6.47. The molecule has 1 aromatic rings. The number of sulfonamides is 1. The number of hydrogen-bond donors (Lipinski definition) is 1. The van der Waals surface area contributed by atoms with Crippen molar-refractivity contribution < 1.29 is 18.4 Å². The third-order valence-electron chi connectivity index (χ3n) is 2.40. The lowest BCUT2D eigenvalue weighted by Gasteiger charge is -2.25. The van der Waals surface area contributed by atoms with Crippen LogP contribution in [0.4, 0.5) is 0 Å². The van der Waals surface area contributed by atoms with Gasteiger partial charge in [0.2, 0.25) is 0 Å². The number of nitrogens with zero attached hydrogens (tertiary/aromatic N) is 2. The maximum absolute atomic E-state index is 12.3. The van der Waals surface area contributed by atoms with Crippen molar-refractivity contribution in [2.24, 2.45) is 5.16 Å². The van der Waals surface area contributed by atoms with E-state index in [0.29, 0.717) is 31.9 Å². The minimum Gasteiger partial charge on any atom is -0.411 e. The molecule has 1 aliphatic rings. The summed E-state index contributed by atoms with van der Waals surface area (Å²) in [6.07, 6.45) is 1.13. The minimum absolute atomic E-state index is 0.206. The van der Waals surface area contributed by atoms with E-state index in [9.17, 15) is 8.42 Å². The fourth-order valence-corrected chi connectivity index (χ4v) is 4.42. The van der Waals surface area contributed by atoms with E-state index in [1.54, 1.807) is 11.4 Å². The van der Waals surface area contributed by atoms with E-state index in [4.69, 9.17) is 9.94 Å². The number of hydrogen-bond acceptors (Lipinski definition) is 6. The van der Waals surface area contributed by atoms with Gasteiger partial charge in [-0.15, -0.1) is 11.3 Å². The van der Waals surface area contributed by atoms with Crippen molar-refractivity contribution >= 4 is 27.6 Å². The molecule has 0 unspecified atom stereocenters. The van der Waals surface area contributed by atoms with Crippen molar-refractivity contribution in [2.75, 3.05) is 26.3 Å². The van der Waals surface area contributed by atoms with Crippen LogP contribution in [0.1, 0.15) is 5.56 Å². The first-order chi connectivity index (χ1) is 8.16. The second-order valence-electron chi connectivity index (χ2n) is 3.42. The number of oxime groups is 1. The summed E-state index contributed by atoms with van der Waals surface area (Å²) in [5.41, 5.74) is 0.406. The van der Waals surface area contributed by atoms with Crippen LogP contribution in [-0.4, -0.2) is 50.4 Å². The summed E-state index contributed by atoms with van der Waals surface area (Å²) >= 11 is 1.12. The zero-order valence-corrected chi connectivity index (χ0v) is 10.6. The van der Waals surface area contributed by atoms with E-state index in [-0.39, 0.29) is 4.21 Å². The molecule has 0 radical (unpaired) electrons. The first-order valence-electron chi connectivity index (χ1n) is 4.99. The first-order valence-corrected chi connectivity index (χ1v) is 7.31. The van der Waals surface area contributed by atoms with Crippen LogP contribution in [0.2, 0.25) is 0 Å². The van der Waals surface area contributed by atoms with Gasteiger partial charge in [0, 0.05) is 18.7 Å². The number of thiophene rings is 1. The van der Waals surface area contributed by atoms with Gasteiger partial charge in [0.15, 0.2) is 0 Å². The Morgan fingerprint density at radius 1 is 1.47 bits per heavy atom. The van der Waals surface area contributed by atoms with Crippen LogP contribution < -0.4 is 0 Å². The highest BCUT2D eigenvalue weighted by molar-refractivity contribution is 7.91. The fraction of sp³-hybridized carbons (Fsp3) is 0.444. The predicted molar refractivity (Wildman–Crippen MR) is 63.3 cm³/mol. The van der Waals surface area contributed by atoms with Gasteiger partial charge in [0.1, 0.15) is 4.21 Å². The number of rotatable bonds is 3. The third-order valence-corrected chi connectivity index (χ3v) is 5.79. The van der Waals surface area contributed by atoms with E-state index in [1.165, 1.54) is 4.31 Å². The highest BCUT2D eigenvalue weighted by atomic mass is 32.2. The largest absolute Gasteiger partial charge is 0.411 e. The minimum atomic E-state index is -3.50. The second kappa shape index (κ2) is 5.13. The SMILES string of the molecule is O=S(=O)(c1sccc1/C=N/O)N1CCOCC1. The van der Waals surface area contributed by atoms with Gasteiger partial charge in [-0.05, 0) is 11.4 Å². The lowest BCUT2D eigenvalue weighted by molar-refractivity contribution is 0.0731. The Balaban J connectivity index is 2.33. The predicted octanol–water partition coefficient (Wildman–Crippen LogP) is 0.577. The average Bonchev–Trinajstić information content (AvgIpc) is 2.80. The summed E-state index contributed by atoms with van der Waals surface area (Å²) in [6, 6.07) is 1.61. The molecule has 1 aromatic heterocycles. The Bertz CT molecular complexity index is 503. The van der Waals surface area contributed by atoms with Crippen LogP contribution in [0.5, 0.6) is 0 Å². The van der Waals surface area contributed by atoms with Gasteiger partial charge in [-0.3, -0.25) is 0 Å². The van der Waals surface area contributed by atoms with Crippen LogP contribution in [0.15, 0.2) is 20.8 Å². The van der Waals surface area contributed by atoms with Crippen molar-refractivity contribution in [3.63, 3.8) is 0 Å². The lowest BCUT2D eigenvalue weighted by Crippen LogP contribution is -2.40. The van der Waals surface area contributed by atoms with Crippen LogP contribution in [0.3, 0.4) is 0 Å². The van der Waals surface area contributed by atoms with Gasteiger partial charge in [-0.2, -0.15) is 4.31 Å². The van der Waals surface area contributed by atoms with Crippen molar-refractivity contribution in [1.82, 2.24) is 4.31 Å². The standard InChI is InChI=1S/C9H12N2O4S2/c12-10-7-8-1-6-16-9(8)17(13,14)11-2-4-15-5-3-11/h1,6-7,12H,2-5H2/b10-7+. The molecule has 17 heavy (non-hydrogen) atoms. The van der Waals surface area contributed by atoms with Crippen LogP contribution >= 0.6 is 11.3 Å². The van der Waals surface area contributed by atoms with Crippen LogP contribution in [0, 0.1) is 0 Å². The zero-order chi connectivity index (χ0) is 12.3. The number of ether oxygens (including phenoxy) is 1. The van der Waals surface area contributed by atoms with Crippen LogP contribution in [-0.2, 0) is 14.8 Å². The van der Waals surface area contributed by atoms with Crippen LogP contribution in [0.25, 0.3) is 0 Å². The Morgan fingerprint density at radius 2 is 2.18 bits per heavy atom. The molecule has 8 heteroatoms. The van der Waals surface area contributed by atoms with Crippen molar-refractivity contribution in [3.05, 3.63) is 17.0 Å². The molecule has 0 atom stereocenters. The summed E-state index contributed by atoms with van der Waals surface area (Å²) in [4.78, 5) is 0. The van der Waals surface area contributed by atoms with Gasteiger partial charge in [0.25, 0.3) is 10.0 Å². The number of morpholine rings is 1. The summed E-state index contributed by atoms with van der Waals surface area (Å²) in [6.45, 7) is 1.54. The van der Waals surface area contributed by atoms with E-state index in [1.807, 2.05) is 0 Å². The molecule has 0 saturated carbocycles. The summed E-state index contributed by atoms with van der Waals surface area (Å²) in [5.74, 6) is 0. The maximum atomic E-state index is 12.3. The Labute approximate surface area is 103 Å². The van der Waals surface area contributed by atoms with Gasteiger partial charge >= 0.3 is 0 Å². The molecular weight excluding hydrogens is 264 g/mol. The fourth-order valence-electron chi connectivity index (χ4n) is 1.58. The highest BCUT2D eigenvalue weighted by Gasteiger charge is 2.29. The molecular formula is C9H12N2O4S2. The molecule has 94 valence electrons. The molecule has 0 bridgehead atoms. The molecule has 0 aromatic carbocycles. The molecule has 1 saturated heterocycles. The first kappa shape index (κ1) is 12.5. The van der Waals surface area contributed by atoms with Crippen molar-refractivity contribution in [3.8, 4) is 0 Å². The molecule has 6 nitrogen and oxygen atoms in total. The smallest absolute Gasteiger partial charge is 0.253 e. The molecule has 0 spiro atoms. The summed E-state index contributed by atoms with van der Waals surface area (Å²) < 4.78 is 31.3. The average molecular weight is 276 g/mol. The third kappa shape index (κ3) is 2.49. The van der Waals surface area contributed by atoms with E-state index >= 15 is 0 Å². The summed E-state index contributed by atoms with van der Waals surface area (Å²) in [5, 5.41) is 13.0. The van der Waals surface area contributed by atoms with Gasteiger partial charge < -0.3 is 9.94 Å². The maximum Gasteiger partial charge on any atom is 0.253 e. The van der Waals surface area contributed by atoms with Gasteiger partial charge in [-0.25, -0.2) is 8.42 Å². The zero-order valence-electron chi connectivity index (χ0n) is 8.94. The van der Waals surface area contributed by atoms with Gasteiger partial charge in [-0.1, -0.05) is 5.16 Å². The monoisotopic (exact) mass is 276 g/mol. The van der Waals surface area contributed by atoms with E-state index in [0.717, 1.165) is 17.6 Å². The molecule has 0 aliphatic carbocycles. The topological polar surface area (TPSA) is 79.2 Å². The Hall–Kier alpha value is -0.960. The Kier molecular flexibility index (Phi) is 3.77. The summed E-state index contributed by atoms with van der Waals surface area (Å²) in [7, 11) is -3.50. The van der Waals surface area contributed by atoms with E-state index in [2.05, 4.69) is 5.16 Å². The lowest BCUT2D eigenvalue weighted by atomic mass is 10.4. The molecule has 1 fully saturated rings. The molecule has 1 aliphatic heterocycles. The molecule has 2 heterocycles. The highest BCUT2D eigenvalue weighted by Crippen LogP contribution is 2.25. The Morgan fingerprint density at radius 3 is 2.82 bits per heavy atom.